The predicted molar refractivity (Wildman–Crippen MR) is 48.0 cm³/mol. The van der Waals surface area contributed by atoms with Crippen LogP contribution in [0.4, 0.5) is 0 Å². The first-order chi connectivity index (χ1) is 6.20. The number of hydrogen-bond acceptors (Lipinski definition) is 3. The molecule has 0 radical (unpaired) electrons. The number of nitrogens with one attached hydrogen (secondary N) is 1. The Labute approximate surface area is 79.9 Å². The lowest BCUT2D eigenvalue weighted by molar-refractivity contribution is 0.0957. The largest absolute Gasteiger partial charge is 0.355 e. The summed E-state index contributed by atoms with van der Waals surface area (Å²) in [4.78, 5) is 25.4. The highest BCUT2D eigenvalue weighted by molar-refractivity contribution is 6.32. The van der Waals surface area contributed by atoms with Crippen molar-refractivity contribution < 1.29 is 9.59 Å². The molecule has 0 spiro atoms. The second-order valence-electron chi connectivity index (χ2n) is 2.26. The molecule has 1 aromatic heterocycles. The molecule has 0 aliphatic heterocycles. The van der Waals surface area contributed by atoms with Gasteiger partial charge in [0.15, 0.2) is 6.29 Å². The molecule has 68 valence electrons. The summed E-state index contributed by atoms with van der Waals surface area (Å²) in [6.45, 7) is 0. The second kappa shape index (κ2) is 4.00. The molecule has 1 aromatic rings. The predicted octanol–water partition coefficient (Wildman–Crippen LogP) is 0.907. The third-order valence-corrected chi connectivity index (χ3v) is 1.83. The minimum absolute atomic E-state index is 0.0381. The molecule has 1 heterocycles. The van der Waals surface area contributed by atoms with Crippen molar-refractivity contribution in [1.82, 2.24) is 10.3 Å². The van der Waals surface area contributed by atoms with E-state index in [0.717, 1.165) is 0 Å². The van der Waals surface area contributed by atoms with Crippen molar-refractivity contribution in [2.24, 2.45) is 0 Å². The van der Waals surface area contributed by atoms with Gasteiger partial charge in [-0.2, -0.15) is 0 Å². The fraction of sp³-hybridized carbons (Fsp3) is 0.125. The molecule has 1 amide bonds. The first kappa shape index (κ1) is 9.67. The standard InChI is InChI=1S/C8H7ClN2O2/c1-10-8(13)5-2-3-11-7(9)6(5)4-12/h2-4H,1H3,(H,10,13). The first-order valence-electron chi connectivity index (χ1n) is 3.52. The smallest absolute Gasteiger partial charge is 0.251 e. The summed E-state index contributed by atoms with van der Waals surface area (Å²) in [6, 6.07) is 1.44. The van der Waals surface area contributed by atoms with Crippen LogP contribution in [0.2, 0.25) is 5.15 Å². The molecule has 0 unspecified atom stereocenters. The van der Waals surface area contributed by atoms with Crippen molar-refractivity contribution in [2.45, 2.75) is 0 Å². The van der Waals surface area contributed by atoms with E-state index in [1.807, 2.05) is 0 Å². The van der Waals surface area contributed by atoms with Gasteiger partial charge in [-0.15, -0.1) is 0 Å². The van der Waals surface area contributed by atoms with Crippen LogP contribution in [-0.2, 0) is 0 Å². The zero-order valence-electron chi connectivity index (χ0n) is 6.87. The number of halogens is 1. The summed E-state index contributed by atoms with van der Waals surface area (Å²) in [6.07, 6.45) is 1.89. The highest BCUT2D eigenvalue weighted by Crippen LogP contribution is 2.14. The van der Waals surface area contributed by atoms with Crippen molar-refractivity contribution in [3.63, 3.8) is 0 Å². The van der Waals surface area contributed by atoms with E-state index in [-0.39, 0.29) is 22.2 Å². The first-order valence-corrected chi connectivity index (χ1v) is 3.90. The Kier molecular flexibility index (Phi) is 2.97. The van der Waals surface area contributed by atoms with E-state index in [9.17, 15) is 9.59 Å². The maximum absolute atomic E-state index is 11.2. The van der Waals surface area contributed by atoms with Crippen molar-refractivity contribution in [3.8, 4) is 0 Å². The van der Waals surface area contributed by atoms with Crippen LogP contribution in [0.5, 0.6) is 0 Å². The summed E-state index contributed by atoms with van der Waals surface area (Å²) in [5.74, 6) is -0.355. The second-order valence-corrected chi connectivity index (χ2v) is 2.62. The van der Waals surface area contributed by atoms with Crippen molar-refractivity contribution in [2.75, 3.05) is 7.05 Å². The number of carbonyl (C=O) groups excluding carboxylic acids is 2. The summed E-state index contributed by atoms with van der Waals surface area (Å²) in [5.41, 5.74) is 0.348. The van der Waals surface area contributed by atoms with Gasteiger partial charge in [0.25, 0.3) is 5.91 Å². The molecule has 5 heteroatoms. The Bertz CT molecular complexity index is 352. The number of rotatable bonds is 2. The maximum atomic E-state index is 11.2. The SMILES string of the molecule is CNC(=O)c1ccnc(Cl)c1C=O. The van der Waals surface area contributed by atoms with Crippen molar-refractivity contribution in [1.29, 1.82) is 0 Å². The monoisotopic (exact) mass is 198 g/mol. The summed E-state index contributed by atoms with van der Waals surface area (Å²) in [5, 5.41) is 2.44. The molecular weight excluding hydrogens is 192 g/mol. The molecule has 0 atom stereocenters. The van der Waals surface area contributed by atoms with E-state index in [1.165, 1.54) is 19.3 Å². The minimum atomic E-state index is -0.355. The van der Waals surface area contributed by atoms with Gasteiger partial charge < -0.3 is 5.32 Å². The molecule has 1 rings (SSSR count). The van der Waals surface area contributed by atoms with E-state index in [1.54, 1.807) is 0 Å². The van der Waals surface area contributed by atoms with Crippen LogP contribution in [0.3, 0.4) is 0 Å². The lowest BCUT2D eigenvalue weighted by Gasteiger charge is -2.02. The summed E-state index contributed by atoms with van der Waals surface area (Å²) in [7, 11) is 1.48. The number of nitrogens with zero attached hydrogens (tertiary/aromatic N) is 1. The normalized spacial score (nSPS) is 9.38. The van der Waals surface area contributed by atoms with Gasteiger partial charge in [-0.25, -0.2) is 4.98 Å². The average molecular weight is 199 g/mol. The number of pyridine rings is 1. The maximum Gasteiger partial charge on any atom is 0.251 e. The van der Waals surface area contributed by atoms with Gasteiger partial charge in [0.05, 0.1) is 11.1 Å². The molecule has 4 nitrogen and oxygen atoms in total. The number of carbonyl (C=O) groups is 2. The topological polar surface area (TPSA) is 59.1 Å². The van der Waals surface area contributed by atoms with Crippen LogP contribution in [-0.4, -0.2) is 24.2 Å². The molecule has 0 aliphatic rings. The zero-order chi connectivity index (χ0) is 9.84. The highest BCUT2D eigenvalue weighted by Gasteiger charge is 2.12. The Hall–Kier alpha value is -1.42. The Balaban J connectivity index is 3.28. The van der Waals surface area contributed by atoms with Crippen LogP contribution < -0.4 is 5.32 Å². The molecular formula is C8H7ClN2O2. The Morgan fingerprint density at radius 3 is 2.92 bits per heavy atom. The third kappa shape index (κ3) is 1.84. The van der Waals surface area contributed by atoms with Crippen LogP contribution in [0.25, 0.3) is 0 Å². The molecule has 0 aliphatic carbocycles. The third-order valence-electron chi connectivity index (χ3n) is 1.53. The molecule has 0 fully saturated rings. The molecule has 0 aromatic carbocycles. The number of hydrogen-bond donors (Lipinski definition) is 1. The van der Waals surface area contributed by atoms with Gasteiger partial charge in [-0.1, -0.05) is 11.6 Å². The molecule has 13 heavy (non-hydrogen) atoms. The quantitative estimate of drug-likeness (QED) is 0.568. The zero-order valence-corrected chi connectivity index (χ0v) is 7.63. The number of aromatic nitrogens is 1. The van der Waals surface area contributed by atoms with Gasteiger partial charge in [-0.3, -0.25) is 9.59 Å². The fourth-order valence-corrected chi connectivity index (χ4v) is 1.10. The summed E-state index contributed by atoms with van der Waals surface area (Å²) < 4.78 is 0. The average Bonchev–Trinajstić information content (AvgIpc) is 2.16. The molecule has 0 bridgehead atoms. The van der Waals surface area contributed by atoms with Gasteiger partial charge in [0.1, 0.15) is 5.15 Å². The van der Waals surface area contributed by atoms with Crippen LogP contribution in [0, 0.1) is 0 Å². The fourth-order valence-electron chi connectivity index (χ4n) is 0.892. The highest BCUT2D eigenvalue weighted by atomic mass is 35.5. The Morgan fingerprint density at radius 2 is 2.38 bits per heavy atom. The van der Waals surface area contributed by atoms with Crippen LogP contribution >= 0.6 is 11.6 Å². The van der Waals surface area contributed by atoms with Crippen molar-refractivity contribution >= 4 is 23.8 Å². The molecule has 1 N–H and O–H groups in total. The molecule has 0 saturated heterocycles. The number of aldehydes is 1. The van der Waals surface area contributed by atoms with Gasteiger partial charge in [-0.05, 0) is 6.07 Å². The van der Waals surface area contributed by atoms with Crippen LogP contribution in [0.15, 0.2) is 12.3 Å². The molecule has 0 saturated carbocycles. The van der Waals surface area contributed by atoms with Crippen LogP contribution in [0.1, 0.15) is 20.7 Å². The number of amides is 1. The van der Waals surface area contributed by atoms with Gasteiger partial charge in [0, 0.05) is 13.2 Å². The van der Waals surface area contributed by atoms with Gasteiger partial charge in [0.2, 0.25) is 0 Å². The minimum Gasteiger partial charge on any atom is -0.355 e. The van der Waals surface area contributed by atoms with Crippen molar-refractivity contribution in [3.05, 3.63) is 28.5 Å². The lowest BCUT2D eigenvalue weighted by Crippen LogP contribution is -2.19. The lowest BCUT2D eigenvalue weighted by atomic mass is 10.1. The van der Waals surface area contributed by atoms with E-state index >= 15 is 0 Å². The van der Waals surface area contributed by atoms with E-state index in [4.69, 9.17) is 11.6 Å². The summed E-state index contributed by atoms with van der Waals surface area (Å²) >= 11 is 5.61. The Morgan fingerprint density at radius 1 is 1.69 bits per heavy atom. The van der Waals surface area contributed by atoms with Gasteiger partial charge >= 0.3 is 0 Å². The van der Waals surface area contributed by atoms with E-state index in [2.05, 4.69) is 10.3 Å². The van der Waals surface area contributed by atoms with E-state index in [0.29, 0.717) is 6.29 Å². The van der Waals surface area contributed by atoms with E-state index < -0.39 is 0 Å².